The van der Waals surface area contributed by atoms with Crippen LogP contribution >= 0.6 is 0 Å². The van der Waals surface area contributed by atoms with Crippen LogP contribution in [-0.2, 0) is 4.79 Å². The SMILES string of the molecule is CN1C=CC(CCC(N)=O)=CC1(C)C. The average Bonchev–Trinajstić information content (AvgIpc) is 2.07. The van der Waals surface area contributed by atoms with E-state index < -0.39 is 0 Å². The summed E-state index contributed by atoms with van der Waals surface area (Å²) in [6.07, 6.45) is 7.42. The molecule has 1 heterocycles. The Labute approximate surface area is 85.3 Å². The molecule has 0 radical (unpaired) electrons. The van der Waals surface area contributed by atoms with Crippen molar-refractivity contribution >= 4 is 5.91 Å². The van der Waals surface area contributed by atoms with Gasteiger partial charge in [-0.15, -0.1) is 0 Å². The molecular formula is C11H18N2O. The summed E-state index contributed by atoms with van der Waals surface area (Å²) < 4.78 is 0. The van der Waals surface area contributed by atoms with Crippen LogP contribution in [0.15, 0.2) is 23.9 Å². The highest BCUT2D eigenvalue weighted by atomic mass is 16.1. The zero-order valence-electron chi connectivity index (χ0n) is 9.08. The van der Waals surface area contributed by atoms with Gasteiger partial charge in [0.15, 0.2) is 0 Å². The summed E-state index contributed by atoms with van der Waals surface area (Å²) in [5.74, 6) is -0.240. The zero-order chi connectivity index (χ0) is 10.8. The van der Waals surface area contributed by atoms with Gasteiger partial charge in [-0.3, -0.25) is 4.79 Å². The first-order valence-corrected chi connectivity index (χ1v) is 4.83. The molecule has 0 fully saturated rings. The average molecular weight is 194 g/mol. The highest BCUT2D eigenvalue weighted by Crippen LogP contribution is 2.24. The smallest absolute Gasteiger partial charge is 0.217 e. The van der Waals surface area contributed by atoms with Gasteiger partial charge in [0.2, 0.25) is 5.91 Å². The summed E-state index contributed by atoms with van der Waals surface area (Å²) in [5, 5.41) is 0. The number of hydrogen-bond acceptors (Lipinski definition) is 2. The normalized spacial score (nSPS) is 19.4. The van der Waals surface area contributed by atoms with Crippen LogP contribution in [0.4, 0.5) is 0 Å². The summed E-state index contributed by atoms with van der Waals surface area (Å²) in [6, 6.07) is 0. The van der Waals surface area contributed by atoms with Gasteiger partial charge in [0.25, 0.3) is 0 Å². The Morgan fingerprint density at radius 1 is 1.57 bits per heavy atom. The van der Waals surface area contributed by atoms with E-state index in [4.69, 9.17) is 5.73 Å². The van der Waals surface area contributed by atoms with E-state index >= 15 is 0 Å². The van der Waals surface area contributed by atoms with Crippen LogP contribution in [-0.4, -0.2) is 23.4 Å². The molecule has 1 amide bonds. The lowest BCUT2D eigenvalue weighted by molar-refractivity contribution is -0.117. The van der Waals surface area contributed by atoms with Gasteiger partial charge in [-0.05, 0) is 38.1 Å². The van der Waals surface area contributed by atoms with Crippen LogP contribution in [0.3, 0.4) is 0 Å². The van der Waals surface area contributed by atoms with E-state index in [1.807, 2.05) is 19.3 Å². The third-order valence-corrected chi connectivity index (χ3v) is 2.62. The van der Waals surface area contributed by atoms with E-state index in [1.54, 1.807) is 0 Å². The fourth-order valence-electron chi connectivity index (χ4n) is 1.43. The minimum absolute atomic E-state index is 0.0295. The lowest BCUT2D eigenvalue weighted by atomic mass is 9.94. The van der Waals surface area contributed by atoms with Crippen molar-refractivity contribution in [3.05, 3.63) is 23.9 Å². The molecule has 0 unspecified atom stereocenters. The predicted molar refractivity (Wildman–Crippen MR) is 57.5 cm³/mol. The Hall–Kier alpha value is -1.25. The molecule has 0 spiro atoms. The van der Waals surface area contributed by atoms with Crippen LogP contribution in [0.1, 0.15) is 26.7 Å². The van der Waals surface area contributed by atoms with Crippen molar-refractivity contribution in [1.82, 2.24) is 4.90 Å². The molecule has 0 aromatic heterocycles. The van der Waals surface area contributed by atoms with Crippen molar-refractivity contribution in [3.8, 4) is 0 Å². The predicted octanol–water partition coefficient (Wildman–Crippen LogP) is 1.42. The molecule has 0 saturated carbocycles. The Bertz CT molecular complexity index is 290. The van der Waals surface area contributed by atoms with Crippen molar-refractivity contribution < 1.29 is 4.79 Å². The van der Waals surface area contributed by atoms with Crippen molar-refractivity contribution in [2.75, 3.05) is 7.05 Å². The second-order valence-corrected chi connectivity index (χ2v) is 4.27. The van der Waals surface area contributed by atoms with E-state index in [-0.39, 0.29) is 11.4 Å². The molecular weight excluding hydrogens is 176 g/mol. The lowest BCUT2D eigenvalue weighted by Crippen LogP contribution is -2.37. The van der Waals surface area contributed by atoms with Crippen LogP contribution in [0.2, 0.25) is 0 Å². The number of nitrogens with zero attached hydrogens (tertiary/aromatic N) is 1. The van der Waals surface area contributed by atoms with Crippen molar-refractivity contribution in [2.45, 2.75) is 32.2 Å². The molecule has 3 nitrogen and oxygen atoms in total. The maximum Gasteiger partial charge on any atom is 0.217 e. The first kappa shape index (κ1) is 10.8. The Balaban J connectivity index is 2.64. The van der Waals surface area contributed by atoms with Crippen molar-refractivity contribution in [3.63, 3.8) is 0 Å². The van der Waals surface area contributed by atoms with E-state index in [2.05, 4.69) is 24.8 Å². The van der Waals surface area contributed by atoms with Gasteiger partial charge in [-0.1, -0.05) is 6.08 Å². The molecule has 0 atom stereocenters. The minimum Gasteiger partial charge on any atom is -0.372 e. The number of carbonyl (C=O) groups excluding carboxylic acids is 1. The Kier molecular flexibility index (Phi) is 2.99. The van der Waals surface area contributed by atoms with Gasteiger partial charge in [0, 0.05) is 13.5 Å². The van der Waals surface area contributed by atoms with Crippen molar-refractivity contribution in [1.29, 1.82) is 0 Å². The van der Waals surface area contributed by atoms with Gasteiger partial charge < -0.3 is 10.6 Å². The lowest BCUT2D eigenvalue weighted by Gasteiger charge is -2.35. The number of nitrogens with two attached hydrogens (primary N) is 1. The second kappa shape index (κ2) is 3.86. The molecule has 3 heteroatoms. The van der Waals surface area contributed by atoms with Gasteiger partial charge in [0.05, 0.1) is 5.54 Å². The Morgan fingerprint density at radius 2 is 2.21 bits per heavy atom. The molecule has 0 aromatic rings. The maximum absolute atomic E-state index is 10.6. The third-order valence-electron chi connectivity index (χ3n) is 2.62. The first-order valence-electron chi connectivity index (χ1n) is 4.83. The van der Waals surface area contributed by atoms with E-state index in [9.17, 15) is 4.79 Å². The number of carbonyl (C=O) groups is 1. The molecule has 2 N–H and O–H groups in total. The molecule has 1 aliphatic heterocycles. The summed E-state index contributed by atoms with van der Waals surface area (Å²) in [6.45, 7) is 4.28. The topological polar surface area (TPSA) is 46.3 Å². The van der Waals surface area contributed by atoms with Crippen LogP contribution < -0.4 is 5.73 Å². The minimum atomic E-state index is -0.240. The highest BCUT2D eigenvalue weighted by molar-refractivity contribution is 5.74. The summed E-state index contributed by atoms with van der Waals surface area (Å²) in [7, 11) is 2.04. The van der Waals surface area contributed by atoms with Crippen LogP contribution in [0, 0.1) is 0 Å². The van der Waals surface area contributed by atoms with Crippen molar-refractivity contribution in [2.24, 2.45) is 5.73 Å². The molecule has 0 bridgehead atoms. The summed E-state index contributed by atoms with van der Waals surface area (Å²) in [5.41, 5.74) is 6.32. The Morgan fingerprint density at radius 3 is 2.71 bits per heavy atom. The number of amides is 1. The quantitative estimate of drug-likeness (QED) is 0.738. The standard InChI is InChI=1S/C11H18N2O/c1-11(2)8-9(4-5-10(12)14)6-7-13(11)3/h6-8H,4-5H2,1-3H3,(H2,12,14). The largest absolute Gasteiger partial charge is 0.372 e. The number of hydrogen-bond donors (Lipinski definition) is 1. The number of allylic oxidation sites excluding steroid dienone is 2. The fourth-order valence-corrected chi connectivity index (χ4v) is 1.43. The molecule has 14 heavy (non-hydrogen) atoms. The summed E-state index contributed by atoms with van der Waals surface area (Å²) >= 11 is 0. The first-order chi connectivity index (χ1) is 6.42. The van der Waals surface area contributed by atoms with Gasteiger partial charge in [-0.2, -0.15) is 0 Å². The van der Waals surface area contributed by atoms with E-state index in [0.29, 0.717) is 6.42 Å². The maximum atomic E-state index is 10.6. The monoisotopic (exact) mass is 194 g/mol. The number of likely N-dealkylation sites (N-methyl/N-ethyl adjacent to an activating group) is 1. The van der Waals surface area contributed by atoms with Crippen LogP contribution in [0.5, 0.6) is 0 Å². The molecule has 78 valence electrons. The molecule has 0 saturated heterocycles. The van der Waals surface area contributed by atoms with E-state index in [1.165, 1.54) is 5.57 Å². The fraction of sp³-hybridized carbons (Fsp3) is 0.545. The number of rotatable bonds is 3. The molecule has 1 aliphatic rings. The van der Waals surface area contributed by atoms with Gasteiger partial charge in [-0.25, -0.2) is 0 Å². The molecule has 0 aromatic carbocycles. The highest BCUT2D eigenvalue weighted by Gasteiger charge is 2.21. The van der Waals surface area contributed by atoms with Gasteiger partial charge in [0.1, 0.15) is 0 Å². The number of primary amides is 1. The molecule has 0 aliphatic carbocycles. The second-order valence-electron chi connectivity index (χ2n) is 4.27. The van der Waals surface area contributed by atoms with E-state index in [0.717, 1.165) is 6.42 Å². The third kappa shape index (κ3) is 2.62. The van der Waals surface area contributed by atoms with Gasteiger partial charge >= 0.3 is 0 Å². The van der Waals surface area contributed by atoms with Crippen LogP contribution in [0.25, 0.3) is 0 Å². The summed E-state index contributed by atoms with van der Waals surface area (Å²) in [4.78, 5) is 12.8. The zero-order valence-corrected chi connectivity index (χ0v) is 9.08. The molecule has 1 rings (SSSR count).